The Bertz CT molecular complexity index is 541. The number of aromatic amines is 1. The molecule has 0 aliphatic heterocycles. The molecule has 6 nitrogen and oxygen atoms in total. The molecule has 0 bridgehead atoms. The van der Waals surface area contributed by atoms with Gasteiger partial charge < -0.3 is 10.5 Å². The molecule has 1 aromatic carbocycles. The molecule has 2 rings (SSSR count). The molecule has 90 valence electrons. The fraction of sp³-hybridized carbons (Fsp3) is 0.273. The Kier molecular flexibility index (Phi) is 3.24. The molecule has 0 saturated heterocycles. The van der Waals surface area contributed by atoms with Crippen molar-refractivity contribution < 1.29 is 4.74 Å². The SMILES string of the molecule is COc1ccc(-n2c(CCN)n[nH]c2=O)cc1. The van der Waals surface area contributed by atoms with Gasteiger partial charge in [-0.25, -0.2) is 14.5 Å². The summed E-state index contributed by atoms with van der Waals surface area (Å²) >= 11 is 0. The second kappa shape index (κ2) is 4.84. The molecule has 1 aromatic heterocycles. The Morgan fingerprint density at radius 1 is 1.41 bits per heavy atom. The Hall–Kier alpha value is -2.08. The highest BCUT2D eigenvalue weighted by atomic mass is 16.5. The van der Waals surface area contributed by atoms with Gasteiger partial charge in [0.05, 0.1) is 12.8 Å². The first-order valence-electron chi connectivity index (χ1n) is 5.27. The molecule has 0 atom stereocenters. The quantitative estimate of drug-likeness (QED) is 0.783. The molecule has 0 spiro atoms. The molecule has 0 saturated carbocycles. The van der Waals surface area contributed by atoms with Crippen molar-refractivity contribution in [3.05, 3.63) is 40.6 Å². The number of hydrogen-bond acceptors (Lipinski definition) is 4. The van der Waals surface area contributed by atoms with Crippen LogP contribution in [0.1, 0.15) is 5.82 Å². The largest absolute Gasteiger partial charge is 0.497 e. The number of rotatable bonds is 4. The first-order chi connectivity index (χ1) is 8.26. The Labute approximate surface area is 98.0 Å². The van der Waals surface area contributed by atoms with Gasteiger partial charge in [0.2, 0.25) is 0 Å². The van der Waals surface area contributed by atoms with E-state index >= 15 is 0 Å². The highest BCUT2D eigenvalue weighted by Gasteiger charge is 2.09. The number of methoxy groups -OCH3 is 1. The number of nitrogens with zero attached hydrogens (tertiary/aromatic N) is 2. The minimum Gasteiger partial charge on any atom is -0.497 e. The maximum absolute atomic E-state index is 11.6. The van der Waals surface area contributed by atoms with E-state index in [2.05, 4.69) is 10.2 Å². The summed E-state index contributed by atoms with van der Waals surface area (Å²) < 4.78 is 6.57. The maximum Gasteiger partial charge on any atom is 0.347 e. The van der Waals surface area contributed by atoms with Crippen LogP contribution in [0, 0.1) is 0 Å². The van der Waals surface area contributed by atoms with Gasteiger partial charge in [0.25, 0.3) is 0 Å². The van der Waals surface area contributed by atoms with E-state index in [0.717, 1.165) is 11.4 Å². The lowest BCUT2D eigenvalue weighted by Crippen LogP contribution is -2.18. The number of ether oxygens (including phenoxy) is 1. The summed E-state index contributed by atoms with van der Waals surface area (Å²) in [5.41, 5.74) is 5.95. The molecule has 0 amide bonds. The topological polar surface area (TPSA) is 85.9 Å². The van der Waals surface area contributed by atoms with Crippen molar-refractivity contribution in [1.29, 1.82) is 0 Å². The summed E-state index contributed by atoms with van der Waals surface area (Å²) in [6.45, 7) is 0.445. The number of hydrogen-bond donors (Lipinski definition) is 2. The summed E-state index contributed by atoms with van der Waals surface area (Å²) in [7, 11) is 1.60. The van der Waals surface area contributed by atoms with E-state index in [1.54, 1.807) is 31.4 Å². The third kappa shape index (κ3) is 2.21. The smallest absolute Gasteiger partial charge is 0.347 e. The Balaban J connectivity index is 2.44. The predicted molar refractivity (Wildman–Crippen MR) is 63.5 cm³/mol. The number of aromatic nitrogens is 3. The minimum absolute atomic E-state index is 0.265. The normalized spacial score (nSPS) is 10.5. The standard InChI is InChI=1S/C11H14N4O2/c1-17-9-4-2-8(3-5-9)15-10(6-7-12)13-14-11(15)16/h2-5H,6-7,12H2,1H3,(H,14,16). The predicted octanol–water partition coefficient (Wildman–Crippen LogP) is 0.0704. The Morgan fingerprint density at radius 3 is 2.71 bits per heavy atom. The molecule has 0 aliphatic rings. The van der Waals surface area contributed by atoms with E-state index in [0.29, 0.717) is 18.8 Å². The van der Waals surface area contributed by atoms with E-state index in [9.17, 15) is 4.79 Å². The summed E-state index contributed by atoms with van der Waals surface area (Å²) in [5.74, 6) is 1.37. The molecule has 6 heteroatoms. The maximum atomic E-state index is 11.6. The molecule has 17 heavy (non-hydrogen) atoms. The van der Waals surface area contributed by atoms with E-state index < -0.39 is 0 Å². The first-order valence-corrected chi connectivity index (χ1v) is 5.27. The first kappa shape index (κ1) is 11.4. The van der Waals surface area contributed by atoms with Crippen molar-refractivity contribution in [2.24, 2.45) is 5.73 Å². The highest BCUT2D eigenvalue weighted by Crippen LogP contribution is 2.14. The average Bonchev–Trinajstić information content (AvgIpc) is 2.71. The lowest BCUT2D eigenvalue weighted by Gasteiger charge is -2.05. The van der Waals surface area contributed by atoms with Crippen LogP contribution in [0.25, 0.3) is 5.69 Å². The third-order valence-corrected chi connectivity index (χ3v) is 2.44. The van der Waals surface area contributed by atoms with Crippen molar-refractivity contribution in [2.75, 3.05) is 13.7 Å². The van der Waals surface area contributed by atoms with Crippen molar-refractivity contribution in [3.8, 4) is 11.4 Å². The summed E-state index contributed by atoms with van der Waals surface area (Å²) in [6.07, 6.45) is 0.546. The van der Waals surface area contributed by atoms with Crippen molar-refractivity contribution in [2.45, 2.75) is 6.42 Å². The molecule has 2 aromatic rings. The molecule has 3 N–H and O–H groups in total. The molecular weight excluding hydrogens is 220 g/mol. The van der Waals surface area contributed by atoms with Gasteiger partial charge in [-0.05, 0) is 30.8 Å². The van der Waals surface area contributed by atoms with Gasteiger partial charge in [-0.3, -0.25) is 0 Å². The average molecular weight is 234 g/mol. The van der Waals surface area contributed by atoms with Crippen LogP contribution >= 0.6 is 0 Å². The Morgan fingerprint density at radius 2 is 2.12 bits per heavy atom. The van der Waals surface area contributed by atoms with Crippen LogP contribution in [0.4, 0.5) is 0 Å². The summed E-state index contributed by atoms with van der Waals surface area (Å²) in [5, 5.41) is 6.36. The van der Waals surface area contributed by atoms with Crippen LogP contribution < -0.4 is 16.2 Å². The van der Waals surface area contributed by atoms with Crippen molar-refractivity contribution in [1.82, 2.24) is 14.8 Å². The van der Waals surface area contributed by atoms with E-state index in [4.69, 9.17) is 10.5 Å². The monoisotopic (exact) mass is 234 g/mol. The van der Waals surface area contributed by atoms with Crippen molar-refractivity contribution >= 4 is 0 Å². The van der Waals surface area contributed by atoms with E-state index in [1.807, 2.05) is 0 Å². The van der Waals surface area contributed by atoms with Crippen molar-refractivity contribution in [3.63, 3.8) is 0 Å². The van der Waals surface area contributed by atoms with Gasteiger partial charge in [0, 0.05) is 6.42 Å². The molecule has 0 unspecified atom stereocenters. The number of nitrogens with one attached hydrogen (secondary N) is 1. The van der Waals surface area contributed by atoms with Crippen LogP contribution in [0.15, 0.2) is 29.1 Å². The minimum atomic E-state index is -0.265. The highest BCUT2D eigenvalue weighted by molar-refractivity contribution is 5.37. The summed E-state index contributed by atoms with van der Waals surface area (Å²) in [4.78, 5) is 11.6. The second-order valence-electron chi connectivity index (χ2n) is 3.52. The van der Waals surface area contributed by atoms with Gasteiger partial charge in [0.15, 0.2) is 0 Å². The second-order valence-corrected chi connectivity index (χ2v) is 3.52. The van der Waals surface area contributed by atoms with Gasteiger partial charge >= 0.3 is 5.69 Å². The zero-order valence-electron chi connectivity index (χ0n) is 9.51. The number of benzene rings is 1. The summed E-state index contributed by atoms with van der Waals surface area (Å²) in [6, 6.07) is 7.19. The molecular formula is C11H14N4O2. The van der Waals surface area contributed by atoms with E-state index in [1.165, 1.54) is 4.57 Å². The molecule has 0 aliphatic carbocycles. The van der Waals surface area contributed by atoms with Crippen LogP contribution in [0.2, 0.25) is 0 Å². The molecule has 0 fully saturated rings. The van der Waals surface area contributed by atoms with Crippen LogP contribution in [0.3, 0.4) is 0 Å². The van der Waals surface area contributed by atoms with Crippen LogP contribution in [-0.4, -0.2) is 28.4 Å². The zero-order chi connectivity index (χ0) is 12.3. The fourth-order valence-electron chi connectivity index (χ4n) is 1.62. The van der Waals surface area contributed by atoms with Gasteiger partial charge in [0.1, 0.15) is 11.6 Å². The molecule has 1 heterocycles. The zero-order valence-corrected chi connectivity index (χ0v) is 9.51. The number of nitrogens with two attached hydrogens (primary N) is 1. The number of H-pyrrole nitrogens is 1. The lowest BCUT2D eigenvalue weighted by molar-refractivity contribution is 0.414. The van der Waals surface area contributed by atoms with Crippen LogP contribution in [0.5, 0.6) is 5.75 Å². The molecule has 0 radical (unpaired) electrons. The van der Waals surface area contributed by atoms with E-state index in [-0.39, 0.29) is 5.69 Å². The van der Waals surface area contributed by atoms with Gasteiger partial charge in [-0.15, -0.1) is 0 Å². The van der Waals surface area contributed by atoms with Crippen LogP contribution in [-0.2, 0) is 6.42 Å². The van der Waals surface area contributed by atoms with Gasteiger partial charge in [-0.2, -0.15) is 5.10 Å². The lowest BCUT2D eigenvalue weighted by atomic mass is 10.3. The third-order valence-electron chi connectivity index (χ3n) is 2.44. The van der Waals surface area contributed by atoms with Gasteiger partial charge in [-0.1, -0.05) is 0 Å². The fourth-order valence-corrected chi connectivity index (χ4v) is 1.62.